The first kappa shape index (κ1) is 21.2. The minimum Gasteiger partial charge on any atom is -0.374 e. The van der Waals surface area contributed by atoms with Gasteiger partial charge in [0.25, 0.3) is 11.6 Å². The second-order valence-electron chi connectivity index (χ2n) is 6.56. The first-order chi connectivity index (χ1) is 14.9. The van der Waals surface area contributed by atoms with Crippen LogP contribution in [0.1, 0.15) is 23.6 Å². The van der Waals surface area contributed by atoms with Crippen molar-refractivity contribution >= 4 is 57.1 Å². The molecule has 9 nitrogen and oxygen atoms in total. The van der Waals surface area contributed by atoms with E-state index in [0.717, 1.165) is 11.1 Å². The third-order valence-corrected chi connectivity index (χ3v) is 6.70. The normalized spacial score (nSPS) is 15.7. The molecule has 0 bridgehead atoms. The van der Waals surface area contributed by atoms with Gasteiger partial charge in [-0.3, -0.25) is 14.9 Å². The minimum absolute atomic E-state index is 0.00254. The molecule has 1 unspecified atom stereocenters. The Hall–Kier alpha value is -3.02. The highest BCUT2D eigenvalue weighted by atomic mass is 35.5. The average Bonchev–Trinajstić information content (AvgIpc) is 3.39. The van der Waals surface area contributed by atoms with Crippen molar-refractivity contribution in [2.75, 3.05) is 11.5 Å². The van der Waals surface area contributed by atoms with Crippen molar-refractivity contribution in [2.45, 2.75) is 16.8 Å². The molecule has 2 aromatic carbocycles. The van der Waals surface area contributed by atoms with Gasteiger partial charge in [-0.1, -0.05) is 46.8 Å². The number of aromatic nitrogens is 2. The molecule has 1 amide bonds. The maximum atomic E-state index is 13.0. The van der Waals surface area contributed by atoms with Crippen LogP contribution in [0, 0.1) is 10.1 Å². The third kappa shape index (κ3) is 4.84. The van der Waals surface area contributed by atoms with Crippen LogP contribution in [-0.2, 0) is 4.79 Å². The second-order valence-corrected chi connectivity index (χ2v) is 9.22. The van der Waals surface area contributed by atoms with E-state index in [0.29, 0.717) is 26.6 Å². The zero-order valence-corrected chi connectivity index (χ0v) is 18.2. The van der Waals surface area contributed by atoms with E-state index in [9.17, 15) is 14.9 Å². The Labute approximate surface area is 190 Å². The monoisotopic (exact) mass is 474 g/mol. The van der Waals surface area contributed by atoms with Crippen LogP contribution in [0.4, 0.5) is 10.8 Å². The van der Waals surface area contributed by atoms with Crippen LogP contribution in [0.5, 0.6) is 0 Å². The number of nitrogens with two attached hydrogens (primary N) is 1. The lowest BCUT2D eigenvalue weighted by Crippen LogP contribution is -2.28. The SMILES string of the molecule is Nc1nnc(SCC(=O)N2N=C(c3ccc([N+](=O)[O-])cc3)CC2c2ccc(Cl)cc2)s1. The number of carbonyl (C=O) groups excluding carboxylic acids is 1. The van der Waals surface area contributed by atoms with Gasteiger partial charge in [0.1, 0.15) is 0 Å². The molecule has 2 heterocycles. The van der Waals surface area contributed by atoms with Crippen LogP contribution in [0.3, 0.4) is 0 Å². The topological polar surface area (TPSA) is 128 Å². The first-order valence-corrected chi connectivity index (χ1v) is 11.2. The van der Waals surface area contributed by atoms with Crippen molar-refractivity contribution in [3.8, 4) is 0 Å². The molecule has 158 valence electrons. The number of non-ortho nitro benzene ring substituents is 1. The zero-order valence-electron chi connectivity index (χ0n) is 15.8. The standard InChI is InChI=1S/C19H15ClN6O3S2/c20-13-5-1-12(2-6-13)16-9-15(11-3-7-14(8-4-11)26(28)29)24-25(16)17(27)10-30-19-23-22-18(21)31-19/h1-8,16H,9-10H2,(H2,21,22). The molecular weight excluding hydrogens is 460 g/mol. The average molecular weight is 475 g/mol. The fourth-order valence-corrected chi connectivity index (χ4v) is 4.72. The van der Waals surface area contributed by atoms with Crippen molar-refractivity contribution in [3.05, 3.63) is 74.8 Å². The van der Waals surface area contributed by atoms with E-state index in [2.05, 4.69) is 15.3 Å². The Balaban J connectivity index is 1.58. The van der Waals surface area contributed by atoms with Crippen LogP contribution in [0.2, 0.25) is 5.02 Å². The number of carbonyl (C=O) groups is 1. The number of nitro groups is 1. The summed E-state index contributed by atoms with van der Waals surface area (Å²) in [5.74, 6) is -0.0777. The summed E-state index contributed by atoms with van der Waals surface area (Å²) < 4.78 is 0.604. The number of nitrogens with zero attached hydrogens (tertiary/aromatic N) is 5. The summed E-state index contributed by atoms with van der Waals surface area (Å²) in [6.45, 7) is 0. The Kier molecular flexibility index (Phi) is 6.16. The van der Waals surface area contributed by atoms with Gasteiger partial charge in [0.2, 0.25) is 5.13 Å². The fraction of sp³-hybridized carbons (Fsp3) is 0.158. The molecule has 0 spiro atoms. The van der Waals surface area contributed by atoms with E-state index in [1.165, 1.54) is 40.2 Å². The van der Waals surface area contributed by atoms with Crippen molar-refractivity contribution in [3.63, 3.8) is 0 Å². The van der Waals surface area contributed by atoms with Gasteiger partial charge in [-0.15, -0.1) is 10.2 Å². The highest BCUT2D eigenvalue weighted by Crippen LogP contribution is 2.35. The van der Waals surface area contributed by atoms with E-state index in [1.807, 2.05) is 12.1 Å². The lowest BCUT2D eigenvalue weighted by molar-refractivity contribution is -0.384. The minimum atomic E-state index is -0.454. The molecule has 4 rings (SSSR count). The number of hydrogen-bond donors (Lipinski definition) is 1. The number of nitrogen functional groups attached to an aromatic ring is 1. The highest BCUT2D eigenvalue weighted by molar-refractivity contribution is 8.01. The molecule has 1 aromatic heterocycles. The Morgan fingerprint density at radius 3 is 2.55 bits per heavy atom. The van der Waals surface area contributed by atoms with Gasteiger partial charge in [0.05, 0.1) is 22.4 Å². The van der Waals surface area contributed by atoms with Crippen molar-refractivity contribution in [1.29, 1.82) is 0 Å². The van der Waals surface area contributed by atoms with Gasteiger partial charge in [0, 0.05) is 23.6 Å². The number of benzene rings is 2. The third-order valence-electron chi connectivity index (χ3n) is 4.57. The highest BCUT2D eigenvalue weighted by Gasteiger charge is 2.33. The van der Waals surface area contributed by atoms with Crippen molar-refractivity contribution in [1.82, 2.24) is 15.2 Å². The van der Waals surface area contributed by atoms with Gasteiger partial charge in [-0.05, 0) is 35.4 Å². The predicted molar refractivity (Wildman–Crippen MR) is 120 cm³/mol. The van der Waals surface area contributed by atoms with Gasteiger partial charge in [-0.25, -0.2) is 5.01 Å². The number of nitro benzene ring substituents is 1. The number of thioether (sulfide) groups is 1. The van der Waals surface area contributed by atoms with E-state index in [-0.39, 0.29) is 23.4 Å². The maximum Gasteiger partial charge on any atom is 0.269 e. The molecule has 1 atom stereocenters. The number of rotatable bonds is 6. The number of amides is 1. The molecule has 0 saturated heterocycles. The summed E-state index contributed by atoms with van der Waals surface area (Å²) in [7, 11) is 0. The molecule has 0 saturated carbocycles. The van der Waals surface area contributed by atoms with Crippen LogP contribution in [-0.4, -0.2) is 37.5 Å². The summed E-state index contributed by atoms with van der Waals surface area (Å²) in [5, 5.41) is 25.5. The Bertz CT molecular complexity index is 1150. The predicted octanol–water partition coefficient (Wildman–Crippen LogP) is 4.15. The van der Waals surface area contributed by atoms with Crippen LogP contribution in [0.15, 0.2) is 58.0 Å². The van der Waals surface area contributed by atoms with E-state index in [4.69, 9.17) is 17.3 Å². The molecule has 12 heteroatoms. The molecule has 0 aliphatic carbocycles. The lowest BCUT2D eigenvalue weighted by atomic mass is 9.98. The summed E-state index contributed by atoms with van der Waals surface area (Å²) in [5.41, 5.74) is 7.88. The van der Waals surface area contributed by atoms with E-state index < -0.39 is 4.92 Å². The molecular formula is C19H15ClN6O3S2. The van der Waals surface area contributed by atoms with E-state index >= 15 is 0 Å². The molecule has 0 fully saturated rings. The summed E-state index contributed by atoms with van der Waals surface area (Å²) >= 11 is 8.47. The molecule has 2 N–H and O–H groups in total. The van der Waals surface area contributed by atoms with Crippen molar-refractivity contribution in [2.24, 2.45) is 5.10 Å². The molecule has 1 aliphatic rings. The van der Waals surface area contributed by atoms with Crippen molar-refractivity contribution < 1.29 is 9.72 Å². The van der Waals surface area contributed by atoms with Gasteiger partial charge in [-0.2, -0.15) is 5.10 Å². The summed E-state index contributed by atoms with van der Waals surface area (Å²) in [6, 6.07) is 13.1. The Morgan fingerprint density at radius 1 is 1.23 bits per heavy atom. The van der Waals surface area contributed by atoms with E-state index in [1.54, 1.807) is 24.3 Å². The van der Waals surface area contributed by atoms with Gasteiger partial charge < -0.3 is 5.73 Å². The quantitative estimate of drug-likeness (QED) is 0.323. The second kappa shape index (κ2) is 9.00. The van der Waals surface area contributed by atoms with Crippen LogP contribution >= 0.6 is 34.7 Å². The van der Waals surface area contributed by atoms with Crippen LogP contribution < -0.4 is 5.73 Å². The number of hydrogen-bond acceptors (Lipinski definition) is 9. The maximum absolute atomic E-state index is 13.0. The Morgan fingerprint density at radius 2 is 1.94 bits per heavy atom. The molecule has 1 aliphatic heterocycles. The first-order valence-electron chi connectivity index (χ1n) is 9.02. The summed E-state index contributed by atoms with van der Waals surface area (Å²) in [4.78, 5) is 23.5. The molecule has 3 aromatic rings. The number of halogens is 1. The fourth-order valence-electron chi connectivity index (χ4n) is 3.10. The number of anilines is 1. The molecule has 31 heavy (non-hydrogen) atoms. The van der Waals surface area contributed by atoms with Gasteiger partial charge >= 0.3 is 0 Å². The van der Waals surface area contributed by atoms with Gasteiger partial charge in [0.15, 0.2) is 4.34 Å². The number of hydrazone groups is 1. The zero-order chi connectivity index (χ0) is 22.0. The largest absolute Gasteiger partial charge is 0.374 e. The summed E-state index contributed by atoms with van der Waals surface area (Å²) in [6.07, 6.45) is 0.474. The molecule has 0 radical (unpaired) electrons. The lowest BCUT2D eigenvalue weighted by Gasteiger charge is -2.21. The smallest absolute Gasteiger partial charge is 0.269 e. The van der Waals surface area contributed by atoms with Crippen LogP contribution in [0.25, 0.3) is 0 Å².